The summed E-state index contributed by atoms with van der Waals surface area (Å²) < 4.78 is 39.9. The fraction of sp³-hybridized carbons (Fsp3) is 0.250. The van der Waals surface area contributed by atoms with Gasteiger partial charge in [0.05, 0.1) is 29.6 Å². The number of benzene rings is 2. The van der Waals surface area contributed by atoms with Gasteiger partial charge in [0.25, 0.3) is 0 Å². The number of aryl methyl sites for hydroxylation is 1. The number of fused-ring (bicyclic) bond motifs is 1. The molecule has 27 heavy (non-hydrogen) atoms. The van der Waals surface area contributed by atoms with Crippen LogP contribution in [0.4, 0.5) is 24.5 Å². The maximum atomic E-state index is 13.3. The average Bonchev–Trinajstić information content (AvgIpc) is 2.61. The molecule has 0 saturated heterocycles. The zero-order chi connectivity index (χ0) is 19.6. The molecule has 0 saturated carbocycles. The molecule has 3 rings (SSSR count). The number of alkyl halides is 3. The molecule has 0 atom stereocenters. The van der Waals surface area contributed by atoms with Gasteiger partial charge in [-0.1, -0.05) is 6.07 Å². The molecule has 1 heterocycles. The number of pyridine rings is 1. The van der Waals surface area contributed by atoms with E-state index in [4.69, 9.17) is 4.84 Å². The summed E-state index contributed by atoms with van der Waals surface area (Å²) in [4.78, 5) is 10.0. The lowest BCUT2D eigenvalue weighted by Gasteiger charge is -2.25. The van der Waals surface area contributed by atoms with Crippen molar-refractivity contribution in [2.24, 2.45) is 0 Å². The van der Waals surface area contributed by atoms with Gasteiger partial charge in [-0.2, -0.15) is 24.9 Å². The van der Waals surface area contributed by atoms with Gasteiger partial charge in [-0.3, -0.25) is 9.82 Å². The van der Waals surface area contributed by atoms with Crippen LogP contribution in [0, 0.1) is 6.92 Å². The summed E-state index contributed by atoms with van der Waals surface area (Å²) in [5.74, 6) is 0.260. The van der Waals surface area contributed by atoms with Gasteiger partial charge in [-0.05, 0) is 61.2 Å². The van der Waals surface area contributed by atoms with Crippen molar-refractivity contribution in [1.82, 2.24) is 4.98 Å². The van der Waals surface area contributed by atoms with Gasteiger partial charge < -0.3 is 0 Å². The molecule has 0 N–H and O–H groups in total. The Balaban J connectivity index is 2.13. The van der Waals surface area contributed by atoms with Gasteiger partial charge in [0.1, 0.15) is 0 Å². The molecule has 3 aromatic rings. The number of halogens is 3. The zero-order valence-electron chi connectivity index (χ0n) is 15.2. The van der Waals surface area contributed by atoms with Crippen LogP contribution in [0.25, 0.3) is 10.9 Å². The second-order valence-electron chi connectivity index (χ2n) is 6.05. The Hall–Kier alpha value is -2.25. The SMILES string of the molecule is CON(c1ccc(C(F)(F)F)c(CSC)c1)c1cccc2nc(C)ccc12. The van der Waals surface area contributed by atoms with E-state index in [2.05, 4.69) is 4.98 Å². The molecule has 0 bridgehead atoms. The topological polar surface area (TPSA) is 25.4 Å². The first kappa shape index (κ1) is 19.5. The highest BCUT2D eigenvalue weighted by atomic mass is 32.2. The molecule has 0 aliphatic heterocycles. The highest BCUT2D eigenvalue weighted by Crippen LogP contribution is 2.38. The summed E-state index contributed by atoms with van der Waals surface area (Å²) in [7, 11) is 1.49. The molecule has 7 heteroatoms. The molecule has 0 fully saturated rings. The van der Waals surface area contributed by atoms with E-state index in [0.29, 0.717) is 5.69 Å². The molecule has 142 valence electrons. The maximum absolute atomic E-state index is 13.3. The van der Waals surface area contributed by atoms with Crippen LogP contribution in [0.15, 0.2) is 48.5 Å². The summed E-state index contributed by atoms with van der Waals surface area (Å²) in [5, 5.41) is 2.39. The lowest BCUT2D eigenvalue weighted by molar-refractivity contribution is -0.138. The first-order valence-corrected chi connectivity index (χ1v) is 9.64. The number of hydrogen-bond acceptors (Lipinski definition) is 4. The van der Waals surface area contributed by atoms with Crippen LogP contribution in [0.3, 0.4) is 0 Å². The van der Waals surface area contributed by atoms with Crippen molar-refractivity contribution in [3.63, 3.8) is 0 Å². The van der Waals surface area contributed by atoms with Crippen molar-refractivity contribution >= 4 is 34.0 Å². The van der Waals surface area contributed by atoms with Crippen molar-refractivity contribution in [2.45, 2.75) is 18.9 Å². The van der Waals surface area contributed by atoms with Crippen molar-refractivity contribution in [3.8, 4) is 0 Å². The van der Waals surface area contributed by atoms with E-state index in [1.165, 1.54) is 36.1 Å². The Morgan fingerprint density at radius 1 is 1.11 bits per heavy atom. The predicted octanol–water partition coefficient (Wildman–Crippen LogP) is 6.12. The van der Waals surface area contributed by atoms with Crippen LogP contribution < -0.4 is 5.06 Å². The second kappa shape index (κ2) is 7.78. The monoisotopic (exact) mass is 392 g/mol. The van der Waals surface area contributed by atoms with E-state index in [9.17, 15) is 13.2 Å². The summed E-state index contributed by atoms with van der Waals surface area (Å²) >= 11 is 1.34. The van der Waals surface area contributed by atoms with Gasteiger partial charge in [-0.25, -0.2) is 5.06 Å². The molecule has 0 radical (unpaired) electrons. The molecule has 0 spiro atoms. The Bertz CT molecular complexity index is 960. The molecule has 0 aliphatic rings. The van der Waals surface area contributed by atoms with Crippen LogP contribution in [-0.4, -0.2) is 18.3 Å². The first-order chi connectivity index (χ1) is 12.8. The minimum atomic E-state index is -4.39. The third-order valence-electron chi connectivity index (χ3n) is 4.18. The number of hydrogen-bond donors (Lipinski definition) is 0. The standard InChI is InChI=1S/C20H19F3N2OS/c1-13-7-9-16-18(24-13)5-4-6-19(16)25(26-2)15-8-10-17(20(21,22)23)14(11-15)12-27-3/h4-11H,12H2,1-3H3. The largest absolute Gasteiger partial charge is 0.416 e. The van der Waals surface area contributed by atoms with E-state index < -0.39 is 11.7 Å². The van der Waals surface area contributed by atoms with Crippen molar-refractivity contribution in [1.29, 1.82) is 0 Å². The van der Waals surface area contributed by atoms with Gasteiger partial charge in [-0.15, -0.1) is 0 Å². The smallest absolute Gasteiger partial charge is 0.272 e. The average molecular weight is 392 g/mol. The summed E-state index contributed by atoms with van der Waals surface area (Å²) in [6.45, 7) is 1.91. The molecule has 0 unspecified atom stereocenters. The molecule has 2 aromatic carbocycles. The van der Waals surface area contributed by atoms with E-state index >= 15 is 0 Å². The third-order valence-corrected chi connectivity index (χ3v) is 4.78. The highest BCUT2D eigenvalue weighted by Gasteiger charge is 2.33. The summed E-state index contributed by atoms with van der Waals surface area (Å²) in [6.07, 6.45) is -2.61. The van der Waals surface area contributed by atoms with Crippen molar-refractivity contribution < 1.29 is 18.0 Å². The zero-order valence-corrected chi connectivity index (χ0v) is 16.0. The Morgan fingerprint density at radius 3 is 2.56 bits per heavy atom. The van der Waals surface area contributed by atoms with Crippen molar-refractivity contribution in [2.75, 3.05) is 18.4 Å². The lowest BCUT2D eigenvalue weighted by Crippen LogP contribution is -2.17. The number of nitrogens with zero attached hydrogens (tertiary/aromatic N) is 2. The molecular weight excluding hydrogens is 373 g/mol. The van der Waals surface area contributed by atoms with Crippen LogP contribution >= 0.6 is 11.8 Å². The summed E-state index contributed by atoms with van der Waals surface area (Å²) in [6, 6.07) is 13.5. The van der Waals surface area contributed by atoms with E-state index in [1.54, 1.807) is 6.26 Å². The molecule has 0 amide bonds. The second-order valence-corrected chi connectivity index (χ2v) is 6.91. The minimum Gasteiger partial charge on any atom is -0.272 e. The fourth-order valence-electron chi connectivity index (χ4n) is 3.02. The highest BCUT2D eigenvalue weighted by molar-refractivity contribution is 7.97. The van der Waals surface area contributed by atoms with Crippen LogP contribution in [0.1, 0.15) is 16.8 Å². The maximum Gasteiger partial charge on any atom is 0.416 e. The van der Waals surface area contributed by atoms with E-state index in [0.717, 1.165) is 28.4 Å². The predicted molar refractivity (Wildman–Crippen MR) is 104 cm³/mol. The van der Waals surface area contributed by atoms with E-state index in [1.807, 2.05) is 37.3 Å². The molecule has 1 aromatic heterocycles. The van der Waals surface area contributed by atoms with Gasteiger partial charge in [0, 0.05) is 16.8 Å². The number of anilines is 2. The van der Waals surface area contributed by atoms with Gasteiger partial charge >= 0.3 is 6.18 Å². The molecule has 0 aliphatic carbocycles. The van der Waals surface area contributed by atoms with Gasteiger partial charge in [0.15, 0.2) is 0 Å². The van der Waals surface area contributed by atoms with Crippen molar-refractivity contribution in [3.05, 3.63) is 65.4 Å². The van der Waals surface area contributed by atoms with Crippen LogP contribution in [-0.2, 0) is 16.8 Å². The molecule has 3 nitrogen and oxygen atoms in total. The minimum absolute atomic E-state index is 0.226. The first-order valence-electron chi connectivity index (χ1n) is 8.25. The van der Waals surface area contributed by atoms with Crippen LogP contribution in [0.5, 0.6) is 0 Å². The molecular formula is C20H19F3N2OS. The fourth-order valence-corrected chi connectivity index (χ4v) is 3.57. The number of rotatable bonds is 5. The number of aromatic nitrogens is 1. The quantitative estimate of drug-likeness (QED) is 0.488. The summed E-state index contributed by atoms with van der Waals surface area (Å²) in [5.41, 5.74) is 2.54. The Labute approximate surface area is 160 Å². The van der Waals surface area contributed by atoms with Gasteiger partial charge in [0.2, 0.25) is 0 Å². The van der Waals surface area contributed by atoms with E-state index in [-0.39, 0.29) is 11.3 Å². The third kappa shape index (κ3) is 4.04. The lowest BCUT2D eigenvalue weighted by atomic mass is 10.1. The Kier molecular flexibility index (Phi) is 5.62. The van der Waals surface area contributed by atoms with Crippen LogP contribution in [0.2, 0.25) is 0 Å². The Morgan fingerprint density at radius 2 is 1.89 bits per heavy atom. The normalized spacial score (nSPS) is 11.8. The number of thioether (sulfide) groups is 1.